The van der Waals surface area contributed by atoms with Gasteiger partial charge in [-0.3, -0.25) is 4.79 Å². The number of benzene rings is 2. The van der Waals surface area contributed by atoms with Crippen molar-refractivity contribution in [2.45, 2.75) is 24.3 Å². The Morgan fingerprint density at radius 1 is 1.12 bits per heavy atom. The molecule has 0 saturated carbocycles. The Morgan fingerprint density at radius 2 is 1.75 bits per heavy atom. The van der Waals surface area contributed by atoms with Crippen molar-refractivity contribution >= 4 is 23.4 Å². The molecule has 0 heterocycles. The first-order chi connectivity index (χ1) is 11.3. The molecule has 3 nitrogen and oxygen atoms in total. The molecule has 1 atom stereocenters. The Balaban J connectivity index is 1.84. The molecular weight excluding hydrogens is 339 g/mol. The van der Waals surface area contributed by atoms with Crippen molar-refractivity contribution in [1.82, 2.24) is 0 Å². The Labute approximate surface area is 142 Å². The molecule has 2 rings (SSSR count). The highest BCUT2D eigenvalue weighted by Gasteiger charge is 2.31. The molecule has 1 N–H and O–H groups in total. The largest absolute Gasteiger partial charge is 0.573 e. The number of nitrogens with one attached hydrogen (secondary N) is 1. The molecule has 0 bridgehead atoms. The maximum Gasteiger partial charge on any atom is 0.573 e. The summed E-state index contributed by atoms with van der Waals surface area (Å²) in [7, 11) is 0. The number of hydrogen-bond donors (Lipinski definition) is 1. The number of halogens is 3. The van der Waals surface area contributed by atoms with Crippen molar-refractivity contribution < 1.29 is 22.7 Å². The molecule has 7 heteroatoms. The quantitative estimate of drug-likeness (QED) is 0.805. The highest BCUT2D eigenvalue weighted by Crippen LogP contribution is 2.24. The lowest BCUT2D eigenvalue weighted by molar-refractivity contribution is -0.274. The van der Waals surface area contributed by atoms with Gasteiger partial charge in [-0.15, -0.1) is 24.9 Å². The number of anilines is 1. The topological polar surface area (TPSA) is 38.3 Å². The first-order valence-corrected chi connectivity index (χ1v) is 8.20. The second kappa shape index (κ2) is 8.10. The molecule has 2 aromatic carbocycles. The molecule has 0 aliphatic rings. The van der Waals surface area contributed by atoms with Crippen molar-refractivity contribution in [1.29, 1.82) is 0 Å². The molecule has 2 aromatic rings. The van der Waals surface area contributed by atoms with E-state index in [1.807, 2.05) is 30.3 Å². The van der Waals surface area contributed by atoms with Gasteiger partial charge in [0.1, 0.15) is 5.75 Å². The number of hydrogen-bond acceptors (Lipinski definition) is 3. The van der Waals surface area contributed by atoms with E-state index in [0.29, 0.717) is 11.4 Å². The van der Waals surface area contributed by atoms with Crippen LogP contribution in [0.3, 0.4) is 0 Å². The summed E-state index contributed by atoms with van der Waals surface area (Å²) >= 11 is 1.48. The van der Waals surface area contributed by atoms with E-state index in [1.54, 1.807) is 6.92 Å². The molecule has 0 aromatic heterocycles. The fourth-order valence-electron chi connectivity index (χ4n) is 1.85. The van der Waals surface area contributed by atoms with Gasteiger partial charge in [-0.2, -0.15) is 0 Å². The zero-order valence-electron chi connectivity index (χ0n) is 12.8. The third-order valence-corrected chi connectivity index (χ3v) is 4.28. The number of carbonyl (C=O) groups excluding carboxylic acids is 1. The van der Waals surface area contributed by atoms with Crippen LogP contribution in [0.4, 0.5) is 18.9 Å². The minimum atomic E-state index is -4.73. The standard InChI is InChI=1S/C17H16F3NO2S/c1-12(24-11-13-5-3-2-4-6-13)16(22)21-14-7-9-15(10-8-14)23-17(18,19)20/h2-10,12H,11H2,1H3,(H,21,22)/t12-/m1/s1. The monoisotopic (exact) mass is 355 g/mol. The summed E-state index contributed by atoms with van der Waals surface area (Å²) < 4.78 is 40.0. The van der Waals surface area contributed by atoms with E-state index in [4.69, 9.17) is 0 Å². The predicted molar refractivity (Wildman–Crippen MR) is 89.0 cm³/mol. The van der Waals surface area contributed by atoms with Crippen molar-refractivity contribution in [2.24, 2.45) is 0 Å². The average Bonchev–Trinajstić information content (AvgIpc) is 2.54. The first kappa shape index (κ1) is 18.2. The van der Waals surface area contributed by atoms with Gasteiger partial charge >= 0.3 is 6.36 Å². The molecule has 0 radical (unpaired) electrons. The van der Waals surface area contributed by atoms with E-state index < -0.39 is 6.36 Å². The van der Waals surface area contributed by atoms with Gasteiger partial charge in [0.15, 0.2) is 0 Å². The SMILES string of the molecule is C[C@@H](SCc1ccccc1)C(=O)Nc1ccc(OC(F)(F)F)cc1. The van der Waals surface area contributed by atoms with E-state index >= 15 is 0 Å². The van der Waals surface area contributed by atoms with Crippen LogP contribution in [-0.4, -0.2) is 17.5 Å². The van der Waals surface area contributed by atoms with Crippen LogP contribution in [-0.2, 0) is 10.5 Å². The lowest BCUT2D eigenvalue weighted by Gasteiger charge is -2.13. The number of carbonyl (C=O) groups is 1. The number of rotatable bonds is 6. The summed E-state index contributed by atoms with van der Waals surface area (Å²) in [6.45, 7) is 1.78. The Morgan fingerprint density at radius 3 is 2.33 bits per heavy atom. The van der Waals surface area contributed by atoms with E-state index in [9.17, 15) is 18.0 Å². The molecule has 128 valence electrons. The smallest absolute Gasteiger partial charge is 0.406 e. The molecule has 0 saturated heterocycles. The lowest BCUT2D eigenvalue weighted by atomic mass is 10.2. The maximum absolute atomic E-state index is 12.1. The third-order valence-electron chi connectivity index (χ3n) is 3.07. The van der Waals surface area contributed by atoms with Crippen molar-refractivity contribution in [2.75, 3.05) is 5.32 Å². The van der Waals surface area contributed by atoms with Crippen LogP contribution in [0.5, 0.6) is 5.75 Å². The second-order valence-corrected chi connectivity index (χ2v) is 6.33. The Kier molecular flexibility index (Phi) is 6.14. The fraction of sp³-hybridized carbons (Fsp3) is 0.235. The van der Waals surface area contributed by atoms with Crippen molar-refractivity contribution in [3.8, 4) is 5.75 Å². The zero-order valence-corrected chi connectivity index (χ0v) is 13.7. The van der Waals surface area contributed by atoms with Crippen LogP contribution in [0.25, 0.3) is 0 Å². The second-order valence-electron chi connectivity index (χ2n) is 5.00. The fourth-order valence-corrected chi connectivity index (χ4v) is 2.70. The molecule has 0 spiro atoms. The van der Waals surface area contributed by atoms with Crippen molar-refractivity contribution in [3.05, 3.63) is 60.2 Å². The highest BCUT2D eigenvalue weighted by molar-refractivity contribution is 7.99. The molecule has 24 heavy (non-hydrogen) atoms. The molecule has 1 amide bonds. The summed E-state index contributed by atoms with van der Waals surface area (Å²) in [5, 5.41) is 2.38. The van der Waals surface area contributed by atoms with E-state index in [1.165, 1.54) is 23.9 Å². The average molecular weight is 355 g/mol. The summed E-state index contributed by atoms with van der Waals surface area (Å²) in [5.74, 6) is 0.167. The first-order valence-electron chi connectivity index (χ1n) is 7.16. The van der Waals surface area contributed by atoms with Crippen LogP contribution in [0, 0.1) is 0 Å². The number of amides is 1. The van der Waals surface area contributed by atoms with Crippen LogP contribution in [0.2, 0.25) is 0 Å². The normalized spacial score (nSPS) is 12.5. The number of thioether (sulfide) groups is 1. The lowest BCUT2D eigenvalue weighted by Crippen LogP contribution is -2.22. The van der Waals surface area contributed by atoms with Gasteiger partial charge in [0.25, 0.3) is 0 Å². The van der Waals surface area contributed by atoms with E-state index in [2.05, 4.69) is 10.1 Å². The minimum Gasteiger partial charge on any atom is -0.406 e. The van der Waals surface area contributed by atoms with E-state index in [-0.39, 0.29) is 16.9 Å². The van der Waals surface area contributed by atoms with Gasteiger partial charge in [-0.25, -0.2) is 0 Å². The number of ether oxygens (including phenoxy) is 1. The van der Waals surface area contributed by atoms with Crippen LogP contribution < -0.4 is 10.1 Å². The van der Waals surface area contributed by atoms with Gasteiger partial charge < -0.3 is 10.1 Å². The summed E-state index contributed by atoms with van der Waals surface area (Å²) in [6.07, 6.45) is -4.73. The maximum atomic E-state index is 12.1. The van der Waals surface area contributed by atoms with Gasteiger partial charge in [-0.05, 0) is 36.8 Å². The summed E-state index contributed by atoms with van der Waals surface area (Å²) in [5.41, 5.74) is 1.54. The van der Waals surface area contributed by atoms with Crippen molar-refractivity contribution in [3.63, 3.8) is 0 Å². The molecular formula is C17H16F3NO2S. The van der Waals surface area contributed by atoms with Crippen LogP contribution in [0.15, 0.2) is 54.6 Å². The Bertz CT molecular complexity index is 660. The van der Waals surface area contributed by atoms with E-state index in [0.717, 1.165) is 17.7 Å². The van der Waals surface area contributed by atoms with Gasteiger partial charge in [0.2, 0.25) is 5.91 Å². The minimum absolute atomic E-state index is 0.208. The molecule has 0 aliphatic heterocycles. The van der Waals surface area contributed by atoms with Gasteiger partial charge in [0, 0.05) is 11.4 Å². The Hall–Kier alpha value is -2.15. The predicted octanol–water partition coefficient (Wildman–Crippen LogP) is 4.85. The third kappa shape index (κ3) is 6.16. The molecule has 0 aliphatic carbocycles. The summed E-state index contributed by atoms with van der Waals surface area (Å²) in [4.78, 5) is 12.1. The zero-order chi connectivity index (χ0) is 17.6. The van der Waals surface area contributed by atoms with Crippen LogP contribution >= 0.6 is 11.8 Å². The van der Waals surface area contributed by atoms with Gasteiger partial charge in [0.05, 0.1) is 5.25 Å². The highest BCUT2D eigenvalue weighted by atomic mass is 32.2. The molecule has 0 unspecified atom stereocenters. The van der Waals surface area contributed by atoms with Gasteiger partial charge in [-0.1, -0.05) is 30.3 Å². The summed E-state index contributed by atoms with van der Waals surface area (Å²) in [6, 6.07) is 14.8. The number of alkyl halides is 3. The molecule has 0 fully saturated rings. The van der Waals surface area contributed by atoms with Crippen LogP contribution in [0.1, 0.15) is 12.5 Å².